The summed E-state index contributed by atoms with van der Waals surface area (Å²) in [5, 5.41) is 11.5. The number of hydrogen-bond donors (Lipinski definition) is 2. The first-order valence-electron chi connectivity index (χ1n) is 6.06. The predicted octanol–water partition coefficient (Wildman–Crippen LogP) is 2.34. The molecule has 2 aromatic carbocycles. The number of aliphatic hydroxyl groups excluding tert-OH is 1. The predicted molar refractivity (Wildman–Crippen MR) is 72.9 cm³/mol. The van der Waals surface area contributed by atoms with Crippen LogP contribution in [0.5, 0.6) is 5.75 Å². The minimum Gasteiger partial charge on any atom is -0.483 e. The van der Waals surface area contributed by atoms with E-state index >= 15 is 0 Å². The molecule has 0 aliphatic heterocycles. The molecule has 0 saturated heterocycles. The summed E-state index contributed by atoms with van der Waals surface area (Å²) in [6.07, 6.45) is 0. The Labute approximate surface area is 115 Å². The first-order chi connectivity index (χ1) is 9.70. The minimum absolute atomic E-state index is 0.108. The second-order valence-electron chi connectivity index (χ2n) is 4.08. The summed E-state index contributed by atoms with van der Waals surface area (Å²) in [5.74, 6) is -0.543. The molecule has 0 bridgehead atoms. The molecule has 2 N–H and O–H groups in total. The van der Waals surface area contributed by atoms with Gasteiger partial charge < -0.3 is 15.2 Å². The Hall–Kier alpha value is -2.40. The van der Waals surface area contributed by atoms with Crippen LogP contribution in [0.2, 0.25) is 0 Å². The molecule has 0 heterocycles. The molecule has 0 fully saturated rings. The van der Waals surface area contributed by atoms with Gasteiger partial charge in [0.05, 0.1) is 12.3 Å². The van der Waals surface area contributed by atoms with Crippen LogP contribution in [0.4, 0.5) is 10.1 Å². The number of aliphatic hydroxyl groups is 1. The Morgan fingerprint density at radius 1 is 1.15 bits per heavy atom. The van der Waals surface area contributed by atoms with Crippen LogP contribution >= 0.6 is 0 Å². The number of amides is 1. The van der Waals surface area contributed by atoms with Crippen molar-refractivity contribution in [3.05, 3.63) is 59.9 Å². The van der Waals surface area contributed by atoms with Crippen LogP contribution in [-0.4, -0.2) is 17.6 Å². The van der Waals surface area contributed by atoms with Crippen LogP contribution in [0.25, 0.3) is 0 Å². The van der Waals surface area contributed by atoms with Crippen LogP contribution in [0.1, 0.15) is 5.56 Å². The van der Waals surface area contributed by atoms with Crippen LogP contribution in [0.3, 0.4) is 0 Å². The van der Waals surface area contributed by atoms with Gasteiger partial charge in [0.15, 0.2) is 6.61 Å². The van der Waals surface area contributed by atoms with E-state index in [9.17, 15) is 9.18 Å². The molecule has 4 nitrogen and oxygen atoms in total. The molecule has 5 heteroatoms. The topological polar surface area (TPSA) is 58.6 Å². The molecule has 0 aliphatic rings. The standard InChI is InChI=1S/C15H14FNO3/c16-12-6-2-3-7-13(12)17-15(19)10-20-14-8-4-1-5-11(14)9-18/h1-8,18H,9-10H2,(H,17,19). The summed E-state index contributed by atoms with van der Waals surface area (Å²) in [7, 11) is 0. The lowest BCUT2D eigenvalue weighted by molar-refractivity contribution is -0.118. The normalized spacial score (nSPS) is 10.1. The fraction of sp³-hybridized carbons (Fsp3) is 0.133. The third kappa shape index (κ3) is 3.55. The zero-order chi connectivity index (χ0) is 14.4. The lowest BCUT2D eigenvalue weighted by Crippen LogP contribution is -2.21. The fourth-order valence-electron chi connectivity index (χ4n) is 1.67. The number of carbonyl (C=O) groups excluding carboxylic acids is 1. The van der Waals surface area contributed by atoms with Crippen molar-refractivity contribution in [3.8, 4) is 5.75 Å². The number of nitrogens with one attached hydrogen (secondary N) is 1. The van der Waals surface area contributed by atoms with Gasteiger partial charge in [-0.1, -0.05) is 30.3 Å². The van der Waals surface area contributed by atoms with E-state index in [1.807, 2.05) is 0 Å². The maximum atomic E-state index is 13.3. The van der Waals surface area contributed by atoms with Gasteiger partial charge >= 0.3 is 0 Å². The molecular formula is C15H14FNO3. The molecule has 0 atom stereocenters. The van der Waals surface area contributed by atoms with Crippen molar-refractivity contribution in [1.29, 1.82) is 0 Å². The number of benzene rings is 2. The molecule has 104 valence electrons. The molecule has 1 amide bonds. The Balaban J connectivity index is 1.94. The number of rotatable bonds is 5. The maximum absolute atomic E-state index is 13.3. The lowest BCUT2D eigenvalue weighted by atomic mass is 10.2. The van der Waals surface area contributed by atoms with E-state index in [1.165, 1.54) is 12.1 Å². The molecule has 0 spiro atoms. The van der Waals surface area contributed by atoms with Gasteiger partial charge in [-0.2, -0.15) is 0 Å². The van der Waals surface area contributed by atoms with Crippen molar-refractivity contribution in [2.24, 2.45) is 0 Å². The number of para-hydroxylation sites is 2. The van der Waals surface area contributed by atoms with Crippen molar-refractivity contribution in [3.63, 3.8) is 0 Å². The van der Waals surface area contributed by atoms with E-state index in [4.69, 9.17) is 9.84 Å². The first kappa shape index (κ1) is 14.0. The number of carbonyl (C=O) groups is 1. The number of anilines is 1. The van der Waals surface area contributed by atoms with Crippen molar-refractivity contribution in [2.75, 3.05) is 11.9 Å². The summed E-state index contributed by atoms with van der Waals surface area (Å²) < 4.78 is 18.7. The quantitative estimate of drug-likeness (QED) is 0.880. The largest absolute Gasteiger partial charge is 0.483 e. The maximum Gasteiger partial charge on any atom is 0.262 e. The van der Waals surface area contributed by atoms with Gasteiger partial charge in [0.2, 0.25) is 0 Å². The van der Waals surface area contributed by atoms with Gasteiger partial charge in [0, 0.05) is 5.56 Å². The van der Waals surface area contributed by atoms with Crippen LogP contribution < -0.4 is 10.1 Å². The molecule has 2 aromatic rings. The fourth-order valence-corrected chi connectivity index (χ4v) is 1.67. The number of hydrogen-bond acceptors (Lipinski definition) is 3. The van der Waals surface area contributed by atoms with Crippen molar-refractivity contribution >= 4 is 11.6 Å². The Morgan fingerprint density at radius 3 is 2.60 bits per heavy atom. The summed E-state index contributed by atoms with van der Waals surface area (Å²) in [5.41, 5.74) is 0.697. The van der Waals surface area contributed by atoms with Gasteiger partial charge in [0.1, 0.15) is 11.6 Å². The van der Waals surface area contributed by atoms with Crippen LogP contribution in [-0.2, 0) is 11.4 Å². The van der Waals surface area contributed by atoms with Crippen molar-refractivity contribution < 1.29 is 19.0 Å². The van der Waals surface area contributed by atoms with E-state index in [2.05, 4.69) is 5.32 Å². The molecule has 0 aliphatic carbocycles. The summed E-state index contributed by atoms with van der Waals surface area (Å²) in [6.45, 7) is -0.434. The monoisotopic (exact) mass is 275 g/mol. The summed E-state index contributed by atoms with van der Waals surface area (Å²) in [6, 6.07) is 12.7. The third-order valence-electron chi connectivity index (χ3n) is 2.65. The van der Waals surface area contributed by atoms with Gasteiger partial charge in [-0.3, -0.25) is 4.79 Å². The molecule has 0 saturated carbocycles. The van der Waals surface area contributed by atoms with E-state index in [-0.39, 0.29) is 18.9 Å². The van der Waals surface area contributed by atoms with Crippen molar-refractivity contribution in [2.45, 2.75) is 6.61 Å². The molecule has 2 rings (SSSR count). The smallest absolute Gasteiger partial charge is 0.262 e. The molecule has 0 aromatic heterocycles. The van der Waals surface area contributed by atoms with Gasteiger partial charge in [-0.15, -0.1) is 0 Å². The summed E-state index contributed by atoms with van der Waals surface area (Å²) in [4.78, 5) is 11.7. The third-order valence-corrected chi connectivity index (χ3v) is 2.65. The van der Waals surface area contributed by atoms with Gasteiger partial charge in [-0.05, 0) is 18.2 Å². The average molecular weight is 275 g/mol. The Morgan fingerprint density at radius 2 is 1.85 bits per heavy atom. The zero-order valence-electron chi connectivity index (χ0n) is 10.7. The second kappa shape index (κ2) is 6.68. The Kier molecular flexibility index (Phi) is 4.68. The molecular weight excluding hydrogens is 261 g/mol. The van der Waals surface area contributed by atoms with E-state index in [0.717, 1.165) is 0 Å². The van der Waals surface area contributed by atoms with Crippen molar-refractivity contribution in [1.82, 2.24) is 0 Å². The van der Waals surface area contributed by atoms with Crippen LogP contribution in [0, 0.1) is 5.82 Å². The summed E-state index contributed by atoms with van der Waals surface area (Å²) >= 11 is 0. The van der Waals surface area contributed by atoms with E-state index < -0.39 is 11.7 Å². The van der Waals surface area contributed by atoms with Crippen LogP contribution in [0.15, 0.2) is 48.5 Å². The highest BCUT2D eigenvalue weighted by atomic mass is 19.1. The van der Waals surface area contributed by atoms with Gasteiger partial charge in [0.25, 0.3) is 5.91 Å². The molecule has 0 radical (unpaired) electrons. The second-order valence-corrected chi connectivity index (χ2v) is 4.08. The van der Waals surface area contributed by atoms with Gasteiger partial charge in [-0.25, -0.2) is 4.39 Å². The highest BCUT2D eigenvalue weighted by Crippen LogP contribution is 2.18. The zero-order valence-corrected chi connectivity index (χ0v) is 10.7. The molecule has 20 heavy (non-hydrogen) atoms. The number of halogens is 1. The highest BCUT2D eigenvalue weighted by molar-refractivity contribution is 5.91. The molecule has 0 unspecified atom stereocenters. The minimum atomic E-state index is -0.503. The Bertz CT molecular complexity index is 601. The average Bonchev–Trinajstić information content (AvgIpc) is 2.48. The van der Waals surface area contributed by atoms with E-state index in [1.54, 1.807) is 36.4 Å². The highest BCUT2D eigenvalue weighted by Gasteiger charge is 2.08. The number of ether oxygens (including phenoxy) is 1. The van der Waals surface area contributed by atoms with E-state index in [0.29, 0.717) is 11.3 Å². The SMILES string of the molecule is O=C(COc1ccccc1CO)Nc1ccccc1F. The first-order valence-corrected chi connectivity index (χ1v) is 6.06. The lowest BCUT2D eigenvalue weighted by Gasteiger charge is -2.10.